The Morgan fingerprint density at radius 2 is 1.83 bits per heavy atom. The summed E-state index contributed by atoms with van der Waals surface area (Å²) in [4.78, 5) is 0. The second kappa shape index (κ2) is 5.23. The van der Waals surface area contributed by atoms with Gasteiger partial charge in [0, 0.05) is 17.7 Å². The molecule has 0 saturated heterocycles. The Hall–Kier alpha value is -1.80. The third kappa shape index (κ3) is 2.71. The first kappa shape index (κ1) is 12.7. The second-order valence-corrected chi connectivity index (χ2v) is 4.78. The summed E-state index contributed by atoms with van der Waals surface area (Å²) in [5, 5.41) is 10.3. The molecule has 0 spiro atoms. The lowest BCUT2D eigenvalue weighted by molar-refractivity contribution is 0.179. The molecular formula is C16H19NO. The topological polar surface area (TPSA) is 46.2 Å². The predicted octanol–water partition coefficient (Wildman–Crippen LogP) is 3.16. The van der Waals surface area contributed by atoms with Crippen molar-refractivity contribution in [1.29, 1.82) is 0 Å². The number of aryl methyl sites for hydroxylation is 2. The van der Waals surface area contributed by atoms with Crippen molar-refractivity contribution in [2.75, 3.05) is 5.73 Å². The lowest BCUT2D eigenvalue weighted by Crippen LogP contribution is -2.06. The van der Waals surface area contributed by atoms with E-state index < -0.39 is 6.10 Å². The van der Waals surface area contributed by atoms with E-state index in [-0.39, 0.29) is 0 Å². The summed E-state index contributed by atoms with van der Waals surface area (Å²) in [6, 6.07) is 13.8. The van der Waals surface area contributed by atoms with E-state index in [9.17, 15) is 5.11 Å². The van der Waals surface area contributed by atoms with Gasteiger partial charge in [0.15, 0.2) is 0 Å². The Morgan fingerprint density at radius 3 is 2.56 bits per heavy atom. The molecule has 2 aromatic rings. The van der Waals surface area contributed by atoms with Gasteiger partial charge in [-0.3, -0.25) is 0 Å². The van der Waals surface area contributed by atoms with Crippen molar-refractivity contribution in [3.8, 4) is 0 Å². The first-order chi connectivity index (χ1) is 8.58. The van der Waals surface area contributed by atoms with Crippen molar-refractivity contribution in [2.24, 2.45) is 0 Å². The Kier molecular flexibility index (Phi) is 3.68. The summed E-state index contributed by atoms with van der Waals surface area (Å²) in [5.74, 6) is 0. The highest BCUT2D eigenvalue weighted by Gasteiger charge is 2.12. The van der Waals surface area contributed by atoms with Crippen LogP contribution >= 0.6 is 0 Å². The molecular weight excluding hydrogens is 222 g/mol. The Morgan fingerprint density at radius 1 is 1.11 bits per heavy atom. The minimum absolute atomic E-state index is 0.549. The largest absolute Gasteiger partial charge is 0.398 e. The molecule has 2 nitrogen and oxygen atoms in total. The van der Waals surface area contributed by atoms with Crippen LogP contribution in [0.2, 0.25) is 0 Å². The molecule has 0 aliphatic rings. The number of aliphatic hydroxyl groups excluding tert-OH is 1. The highest BCUT2D eigenvalue weighted by molar-refractivity contribution is 5.48. The van der Waals surface area contributed by atoms with Crippen LogP contribution in [0.1, 0.15) is 28.4 Å². The molecule has 0 amide bonds. The molecule has 2 heteroatoms. The van der Waals surface area contributed by atoms with Crippen LogP contribution in [0.4, 0.5) is 5.69 Å². The monoisotopic (exact) mass is 241 g/mol. The fraction of sp³-hybridized carbons (Fsp3) is 0.250. The molecule has 0 aliphatic heterocycles. The van der Waals surface area contributed by atoms with Crippen LogP contribution in [0.15, 0.2) is 42.5 Å². The molecule has 0 aliphatic carbocycles. The quantitative estimate of drug-likeness (QED) is 0.811. The Labute approximate surface area is 108 Å². The highest BCUT2D eigenvalue weighted by atomic mass is 16.3. The fourth-order valence-corrected chi connectivity index (χ4v) is 2.15. The number of hydrogen-bond donors (Lipinski definition) is 2. The molecule has 0 bridgehead atoms. The van der Waals surface area contributed by atoms with E-state index in [0.717, 1.165) is 5.56 Å². The van der Waals surface area contributed by atoms with Crippen molar-refractivity contribution in [1.82, 2.24) is 0 Å². The number of para-hydroxylation sites is 1. The minimum Gasteiger partial charge on any atom is -0.398 e. The van der Waals surface area contributed by atoms with E-state index in [1.165, 1.54) is 16.7 Å². The Balaban J connectivity index is 2.24. The van der Waals surface area contributed by atoms with E-state index >= 15 is 0 Å². The minimum atomic E-state index is -0.549. The standard InChI is InChI=1S/C16H19NO/c1-11-7-8-12(2)13(9-11)10-16(18)14-5-3-4-6-15(14)17/h3-9,16,18H,10,17H2,1-2H3. The third-order valence-corrected chi connectivity index (χ3v) is 3.27. The summed E-state index contributed by atoms with van der Waals surface area (Å²) in [6.07, 6.45) is 0.0496. The van der Waals surface area contributed by atoms with Crippen LogP contribution in [-0.2, 0) is 6.42 Å². The van der Waals surface area contributed by atoms with Crippen LogP contribution in [0.3, 0.4) is 0 Å². The van der Waals surface area contributed by atoms with E-state index in [1.54, 1.807) is 0 Å². The van der Waals surface area contributed by atoms with E-state index in [1.807, 2.05) is 24.3 Å². The number of nitrogens with two attached hydrogens (primary N) is 1. The molecule has 94 valence electrons. The van der Waals surface area contributed by atoms with Gasteiger partial charge in [-0.05, 0) is 31.0 Å². The van der Waals surface area contributed by atoms with Gasteiger partial charge in [-0.2, -0.15) is 0 Å². The molecule has 0 saturated carbocycles. The molecule has 0 radical (unpaired) electrons. The van der Waals surface area contributed by atoms with Crippen LogP contribution in [-0.4, -0.2) is 5.11 Å². The molecule has 2 rings (SSSR count). The summed E-state index contributed by atoms with van der Waals surface area (Å²) in [7, 11) is 0. The molecule has 0 heterocycles. The van der Waals surface area contributed by atoms with Gasteiger partial charge in [-0.25, -0.2) is 0 Å². The highest BCUT2D eigenvalue weighted by Crippen LogP contribution is 2.25. The molecule has 18 heavy (non-hydrogen) atoms. The maximum Gasteiger partial charge on any atom is 0.0850 e. The fourth-order valence-electron chi connectivity index (χ4n) is 2.15. The van der Waals surface area contributed by atoms with Crippen molar-refractivity contribution in [2.45, 2.75) is 26.4 Å². The Bertz CT molecular complexity index is 549. The van der Waals surface area contributed by atoms with Gasteiger partial charge in [0.25, 0.3) is 0 Å². The van der Waals surface area contributed by atoms with Gasteiger partial charge < -0.3 is 10.8 Å². The number of benzene rings is 2. The van der Waals surface area contributed by atoms with E-state index in [4.69, 9.17) is 5.73 Å². The number of anilines is 1. The zero-order chi connectivity index (χ0) is 13.1. The number of nitrogen functional groups attached to an aromatic ring is 1. The molecule has 1 atom stereocenters. The second-order valence-electron chi connectivity index (χ2n) is 4.78. The van der Waals surface area contributed by atoms with Crippen molar-refractivity contribution in [3.05, 3.63) is 64.7 Å². The first-order valence-corrected chi connectivity index (χ1v) is 6.16. The van der Waals surface area contributed by atoms with E-state index in [2.05, 4.69) is 32.0 Å². The molecule has 2 aromatic carbocycles. The zero-order valence-electron chi connectivity index (χ0n) is 10.9. The van der Waals surface area contributed by atoms with Gasteiger partial charge >= 0.3 is 0 Å². The lowest BCUT2D eigenvalue weighted by Gasteiger charge is -2.15. The van der Waals surface area contributed by atoms with Crippen molar-refractivity contribution in [3.63, 3.8) is 0 Å². The van der Waals surface area contributed by atoms with E-state index in [0.29, 0.717) is 12.1 Å². The normalized spacial score (nSPS) is 12.4. The molecule has 1 unspecified atom stereocenters. The van der Waals surface area contributed by atoms with Gasteiger partial charge in [0.2, 0.25) is 0 Å². The van der Waals surface area contributed by atoms with Crippen molar-refractivity contribution >= 4 is 5.69 Å². The van der Waals surface area contributed by atoms with Crippen LogP contribution in [0.25, 0.3) is 0 Å². The van der Waals surface area contributed by atoms with Crippen LogP contribution < -0.4 is 5.73 Å². The smallest absolute Gasteiger partial charge is 0.0850 e. The average Bonchev–Trinajstić information content (AvgIpc) is 2.34. The van der Waals surface area contributed by atoms with Crippen LogP contribution in [0.5, 0.6) is 0 Å². The lowest BCUT2D eigenvalue weighted by atomic mass is 9.96. The number of rotatable bonds is 3. The van der Waals surface area contributed by atoms with Gasteiger partial charge in [-0.1, -0.05) is 42.0 Å². The first-order valence-electron chi connectivity index (χ1n) is 6.16. The summed E-state index contributed by atoms with van der Waals surface area (Å²) >= 11 is 0. The summed E-state index contributed by atoms with van der Waals surface area (Å²) < 4.78 is 0. The molecule has 3 N–H and O–H groups in total. The average molecular weight is 241 g/mol. The van der Waals surface area contributed by atoms with Crippen LogP contribution in [0, 0.1) is 13.8 Å². The predicted molar refractivity (Wildman–Crippen MR) is 75.4 cm³/mol. The molecule has 0 fully saturated rings. The van der Waals surface area contributed by atoms with Crippen molar-refractivity contribution < 1.29 is 5.11 Å². The molecule has 0 aromatic heterocycles. The SMILES string of the molecule is Cc1ccc(C)c(CC(O)c2ccccc2N)c1. The number of hydrogen-bond acceptors (Lipinski definition) is 2. The summed E-state index contributed by atoms with van der Waals surface area (Å²) in [5.41, 5.74) is 10.9. The van der Waals surface area contributed by atoms with Gasteiger partial charge in [0.1, 0.15) is 0 Å². The third-order valence-electron chi connectivity index (χ3n) is 3.27. The maximum absolute atomic E-state index is 10.3. The summed E-state index contributed by atoms with van der Waals surface area (Å²) in [6.45, 7) is 4.13. The zero-order valence-corrected chi connectivity index (χ0v) is 10.9. The number of aliphatic hydroxyl groups is 1. The van der Waals surface area contributed by atoms with Gasteiger partial charge in [0.05, 0.1) is 6.10 Å². The van der Waals surface area contributed by atoms with Gasteiger partial charge in [-0.15, -0.1) is 0 Å². The maximum atomic E-state index is 10.3.